The monoisotopic (exact) mass is 481 g/mol. The van der Waals surface area contributed by atoms with Crippen molar-refractivity contribution < 1.29 is 9.90 Å². The Morgan fingerprint density at radius 1 is 0.800 bits per heavy atom. The molecule has 0 saturated carbocycles. The number of hydrogen-bond acceptors (Lipinski definition) is 1. The second kappa shape index (κ2) is 14.3. The minimum absolute atomic E-state index is 0.833. The Labute approximate surface area is 135 Å². The van der Waals surface area contributed by atoms with E-state index in [1.807, 2.05) is 0 Å². The van der Waals surface area contributed by atoms with Crippen LogP contribution in [-0.2, 0) is 4.79 Å². The fraction of sp³-hybridized carbons (Fsp3) is 0.941. The molecule has 0 atom stereocenters. The van der Waals surface area contributed by atoms with E-state index in [-0.39, 0.29) is 0 Å². The number of carboxylic acids is 1. The first-order valence-corrected chi connectivity index (χ1v) is 16.4. The number of carboxylic acid groups (broad SMARTS) is 1. The van der Waals surface area contributed by atoms with Crippen molar-refractivity contribution in [3.63, 3.8) is 0 Å². The molecule has 0 saturated heterocycles. The van der Waals surface area contributed by atoms with Crippen LogP contribution in [0.4, 0.5) is 0 Å². The Bertz CT molecular complexity index is 193. The van der Waals surface area contributed by atoms with Gasteiger partial charge in [-0.15, -0.1) is 0 Å². The standard InChI is InChI=1S/3C5H11.C2H4O2.Pb/c3*1-4-5(2)3;1-2(3)4;/h3*5H,1,4H2,2-3H3;1H3,(H,3,4);. The van der Waals surface area contributed by atoms with Gasteiger partial charge >= 0.3 is 113 Å². The minimum atomic E-state index is -1.15. The van der Waals surface area contributed by atoms with Crippen LogP contribution in [0, 0.1) is 17.8 Å². The summed E-state index contributed by atoms with van der Waals surface area (Å²) in [6, 6.07) is 0. The Hall–Kier alpha value is 0.392. The molecule has 0 aromatic heterocycles. The number of hydrogen-bond donors (Lipinski definition) is 1. The first-order chi connectivity index (χ1) is 9.15. The van der Waals surface area contributed by atoms with Gasteiger partial charge in [0.25, 0.3) is 5.97 Å². The van der Waals surface area contributed by atoms with Crippen LogP contribution in [0.3, 0.4) is 0 Å². The normalized spacial score (nSPS) is 11.2. The molecule has 0 bridgehead atoms. The zero-order chi connectivity index (χ0) is 16.1. The molecule has 0 aliphatic carbocycles. The van der Waals surface area contributed by atoms with Gasteiger partial charge in [0, 0.05) is 6.92 Å². The zero-order valence-corrected chi connectivity index (χ0v) is 18.7. The van der Waals surface area contributed by atoms with E-state index in [0.717, 1.165) is 24.7 Å². The third-order valence-corrected chi connectivity index (χ3v) is 14.8. The topological polar surface area (TPSA) is 37.3 Å². The van der Waals surface area contributed by atoms with E-state index in [1.165, 1.54) is 19.3 Å². The molecule has 20 heavy (non-hydrogen) atoms. The van der Waals surface area contributed by atoms with E-state index in [9.17, 15) is 0 Å². The summed E-state index contributed by atoms with van der Waals surface area (Å²) in [5, 5.41) is 7.42. The molecule has 0 aliphatic rings. The van der Waals surface area contributed by atoms with Crippen molar-refractivity contribution in [2.75, 3.05) is 0 Å². The van der Waals surface area contributed by atoms with Crippen LogP contribution in [0.25, 0.3) is 0 Å². The van der Waals surface area contributed by atoms with Crippen molar-refractivity contribution in [1.29, 1.82) is 0 Å². The van der Waals surface area contributed by atoms with Gasteiger partial charge in [0.2, 0.25) is 0 Å². The second-order valence-corrected chi connectivity index (χ2v) is 18.7. The van der Waals surface area contributed by atoms with Gasteiger partial charge in [-0.1, -0.05) is 0 Å². The zero-order valence-electron chi connectivity index (χ0n) is 14.8. The van der Waals surface area contributed by atoms with Crippen molar-refractivity contribution in [2.45, 2.75) is 79.7 Å². The summed E-state index contributed by atoms with van der Waals surface area (Å²) in [4.78, 5) is 9.00. The predicted octanol–water partition coefficient (Wildman–Crippen LogP) is 5.71. The van der Waals surface area contributed by atoms with E-state index < -0.39 is 28.7 Å². The predicted molar refractivity (Wildman–Crippen MR) is 91.8 cm³/mol. The molecule has 0 spiro atoms. The second-order valence-electron chi connectivity index (χ2n) is 7.07. The summed E-state index contributed by atoms with van der Waals surface area (Å²) in [5.41, 5.74) is 0. The van der Waals surface area contributed by atoms with Crippen molar-refractivity contribution >= 4 is 28.7 Å². The van der Waals surface area contributed by atoms with Gasteiger partial charge in [-0.25, -0.2) is 0 Å². The first-order valence-electron chi connectivity index (χ1n) is 8.18. The summed E-state index contributed by atoms with van der Waals surface area (Å²) in [5.74, 6) is 1.95. The van der Waals surface area contributed by atoms with Crippen LogP contribution in [0.5, 0.6) is 0 Å². The molecule has 0 aliphatic heterocycles. The Morgan fingerprint density at radius 3 is 1.15 bits per heavy atom. The molecule has 0 heterocycles. The van der Waals surface area contributed by atoms with Gasteiger partial charge in [-0.05, 0) is 0 Å². The molecule has 1 N–H and O–H groups in total. The Kier molecular flexibility index (Phi) is 16.2. The van der Waals surface area contributed by atoms with Crippen LogP contribution in [-0.4, -0.2) is 33.8 Å². The first kappa shape index (κ1) is 22.7. The molecule has 0 unspecified atom stereocenters. The van der Waals surface area contributed by atoms with Crippen molar-refractivity contribution in [3.05, 3.63) is 0 Å². The average molecular weight is 481 g/mol. The summed E-state index contributed by atoms with van der Waals surface area (Å²) < 4.78 is 5.01. The van der Waals surface area contributed by atoms with Gasteiger partial charge in [-0.2, -0.15) is 0 Å². The summed E-state index contributed by atoms with van der Waals surface area (Å²) in [6.45, 7) is 15.4. The number of rotatable bonds is 9. The van der Waals surface area contributed by atoms with Crippen LogP contribution in [0.15, 0.2) is 0 Å². The van der Waals surface area contributed by atoms with Crippen LogP contribution < -0.4 is 0 Å². The SMILES string of the molecule is CC(=O)O.CC(C)C[CH2][Pb]([CH2]CC(C)C)[CH2]CC(C)C. The Balaban J connectivity index is 0. The molecule has 0 aromatic carbocycles. The molecule has 0 fully saturated rings. The third kappa shape index (κ3) is 23.5. The molecule has 0 rings (SSSR count). The molecule has 0 aromatic rings. The summed E-state index contributed by atoms with van der Waals surface area (Å²) in [7, 11) is 0. The summed E-state index contributed by atoms with van der Waals surface area (Å²) in [6.07, 6.45) is 4.54. The van der Waals surface area contributed by atoms with E-state index >= 15 is 0 Å². The molecule has 3 heteroatoms. The van der Waals surface area contributed by atoms with Crippen molar-refractivity contribution in [3.8, 4) is 0 Å². The van der Waals surface area contributed by atoms with Crippen LogP contribution in [0.1, 0.15) is 67.7 Å². The summed E-state index contributed by atoms with van der Waals surface area (Å²) >= 11 is -1.15. The third-order valence-electron chi connectivity index (χ3n) is 3.23. The van der Waals surface area contributed by atoms with Crippen LogP contribution >= 0.6 is 0 Å². The fourth-order valence-electron chi connectivity index (χ4n) is 1.85. The maximum atomic E-state index is 9.00. The molecule has 2 nitrogen and oxygen atoms in total. The fourth-order valence-corrected chi connectivity index (χ4v) is 16.3. The molecule has 121 valence electrons. The molecule has 1 radical (unpaired) electrons. The van der Waals surface area contributed by atoms with Crippen molar-refractivity contribution in [1.82, 2.24) is 0 Å². The van der Waals surface area contributed by atoms with E-state index in [0.29, 0.717) is 0 Å². The van der Waals surface area contributed by atoms with E-state index in [1.54, 1.807) is 11.9 Å². The maximum absolute atomic E-state index is 9.00. The average Bonchev–Trinajstić information content (AvgIpc) is 2.26. The molecule has 0 amide bonds. The quantitative estimate of drug-likeness (QED) is 0.429. The van der Waals surface area contributed by atoms with Gasteiger partial charge in [0.05, 0.1) is 0 Å². The Morgan fingerprint density at radius 2 is 1.00 bits per heavy atom. The van der Waals surface area contributed by atoms with Crippen LogP contribution in [0.2, 0.25) is 11.9 Å². The van der Waals surface area contributed by atoms with E-state index in [2.05, 4.69) is 41.5 Å². The molecular formula is C17H37O2Pb. The van der Waals surface area contributed by atoms with Gasteiger partial charge in [-0.3, -0.25) is 4.79 Å². The van der Waals surface area contributed by atoms with Gasteiger partial charge in [0.1, 0.15) is 0 Å². The van der Waals surface area contributed by atoms with Gasteiger partial charge in [0.15, 0.2) is 0 Å². The number of aliphatic carboxylic acids is 1. The molecular weight excluding hydrogens is 443 g/mol. The van der Waals surface area contributed by atoms with Crippen molar-refractivity contribution in [2.24, 2.45) is 17.8 Å². The van der Waals surface area contributed by atoms with E-state index in [4.69, 9.17) is 9.90 Å². The number of carbonyl (C=O) groups is 1. The van der Waals surface area contributed by atoms with Gasteiger partial charge < -0.3 is 5.11 Å².